The lowest BCUT2D eigenvalue weighted by molar-refractivity contribution is 0.693. The first-order valence-corrected chi connectivity index (χ1v) is 10.3. The number of aryl methyl sites for hydroxylation is 3. The predicted octanol–water partition coefficient (Wildman–Crippen LogP) is 4.89. The Bertz CT molecular complexity index is 1140. The van der Waals surface area contributed by atoms with E-state index in [9.17, 15) is 0 Å². The molecule has 2 aromatic heterocycles. The second kappa shape index (κ2) is 8.64. The van der Waals surface area contributed by atoms with Gasteiger partial charge < -0.3 is 10.3 Å². The third-order valence-corrected chi connectivity index (χ3v) is 5.55. The molecule has 0 saturated carbocycles. The number of rotatable bonds is 6. The molecular weight excluding hydrogens is 368 g/mol. The largest absolute Gasteiger partial charge is 0.328 e. The van der Waals surface area contributed by atoms with Crippen LogP contribution in [0.1, 0.15) is 50.8 Å². The average Bonchev–Trinajstić information content (AvgIpc) is 3.19. The third kappa shape index (κ3) is 4.50. The van der Waals surface area contributed by atoms with Crippen LogP contribution in [0.4, 0.5) is 0 Å². The van der Waals surface area contributed by atoms with Gasteiger partial charge in [0, 0.05) is 18.3 Å². The van der Waals surface area contributed by atoms with Crippen LogP contribution in [0.2, 0.25) is 0 Å². The third-order valence-electron chi connectivity index (χ3n) is 5.55. The second-order valence-electron chi connectivity index (χ2n) is 8.11. The van der Waals surface area contributed by atoms with Gasteiger partial charge in [-0.2, -0.15) is 0 Å². The Hall–Kier alpha value is -3.24. The number of nitrogens with zero attached hydrogens (tertiary/aromatic N) is 3. The predicted molar refractivity (Wildman–Crippen MR) is 121 cm³/mol. The van der Waals surface area contributed by atoms with Gasteiger partial charge in [0.15, 0.2) is 0 Å². The van der Waals surface area contributed by atoms with Crippen molar-refractivity contribution < 1.29 is 0 Å². The molecule has 4 nitrogen and oxygen atoms in total. The highest BCUT2D eigenvalue weighted by Crippen LogP contribution is 2.22. The summed E-state index contributed by atoms with van der Waals surface area (Å²) in [5, 5.41) is 0. The molecule has 4 aromatic rings. The minimum atomic E-state index is -0.206. The van der Waals surface area contributed by atoms with Gasteiger partial charge in [-0.3, -0.25) is 4.98 Å². The SMILES string of the molecule is Cc1ccc(Cc2ncc(Cn3cncc3C(N)c3cccc(C)c3)cc2C)cc1. The van der Waals surface area contributed by atoms with Crippen molar-refractivity contribution in [2.45, 2.75) is 39.8 Å². The van der Waals surface area contributed by atoms with Crippen molar-refractivity contribution in [1.82, 2.24) is 14.5 Å². The van der Waals surface area contributed by atoms with Crippen LogP contribution in [0.25, 0.3) is 0 Å². The van der Waals surface area contributed by atoms with E-state index in [1.54, 1.807) is 0 Å². The lowest BCUT2D eigenvalue weighted by Crippen LogP contribution is -2.17. The highest BCUT2D eigenvalue weighted by atomic mass is 15.1. The summed E-state index contributed by atoms with van der Waals surface area (Å²) in [4.78, 5) is 9.11. The summed E-state index contributed by atoms with van der Waals surface area (Å²) in [5.74, 6) is 0. The molecule has 2 heterocycles. The van der Waals surface area contributed by atoms with Gasteiger partial charge in [-0.1, -0.05) is 65.7 Å². The second-order valence-corrected chi connectivity index (χ2v) is 8.11. The fraction of sp³-hybridized carbons (Fsp3) is 0.231. The number of benzene rings is 2. The first-order chi connectivity index (χ1) is 14.5. The zero-order valence-corrected chi connectivity index (χ0v) is 17.8. The summed E-state index contributed by atoms with van der Waals surface area (Å²) in [6.45, 7) is 7.03. The van der Waals surface area contributed by atoms with E-state index in [1.807, 2.05) is 24.8 Å². The van der Waals surface area contributed by atoms with Crippen molar-refractivity contribution in [3.05, 3.63) is 118 Å². The molecule has 4 heteroatoms. The molecule has 0 saturated heterocycles. The maximum Gasteiger partial charge on any atom is 0.0951 e. The van der Waals surface area contributed by atoms with Crippen LogP contribution in [-0.2, 0) is 13.0 Å². The number of aromatic nitrogens is 3. The summed E-state index contributed by atoms with van der Waals surface area (Å²) < 4.78 is 2.11. The normalized spacial score (nSPS) is 12.1. The summed E-state index contributed by atoms with van der Waals surface area (Å²) in [7, 11) is 0. The summed E-state index contributed by atoms with van der Waals surface area (Å²) in [5.41, 5.74) is 15.9. The van der Waals surface area contributed by atoms with Crippen molar-refractivity contribution in [2.75, 3.05) is 0 Å². The molecule has 0 bridgehead atoms. The molecule has 1 atom stereocenters. The maximum atomic E-state index is 6.56. The first kappa shape index (κ1) is 20.0. The van der Waals surface area contributed by atoms with Crippen molar-refractivity contribution in [3.63, 3.8) is 0 Å². The maximum absolute atomic E-state index is 6.56. The molecule has 2 aromatic carbocycles. The molecule has 0 aliphatic heterocycles. The zero-order chi connectivity index (χ0) is 21.1. The number of nitrogens with two attached hydrogens (primary N) is 1. The van der Waals surface area contributed by atoms with E-state index in [2.05, 4.69) is 78.9 Å². The molecule has 30 heavy (non-hydrogen) atoms. The number of hydrogen-bond acceptors (Lipinski definition) is 3. The van der Waals surface area contributed by atoms with Gasteiger partial charge in [0.05, 0.1) is 30.8 Å². The van der Waals surface area contributed by atoms with E-state index in [-0.39, 0.29) is 6.04 Å². The van der Waals surface area contributed by atoms with Gasteiger partial charge in [0.1, 0.15) is 0 Å². The molecule has 0 spiro atoms. The molecule has 0 aliphatic rings. The Morgan fingerprint density at radius 2 is 1.70 bits per heavy atom. The molecule has 2 N–H and O–H groups in total. The Morgan fingerprint density at radius 3 is 2.43 bits per heavy atom. The summed E-state index contributed by atoms with van der Waals surface area (Å²) in [6.07, 6.45) is 6.53. The van der Waals surface area contributed by atoms with E-state index in [4.69, 9.17) is 10.7 Å². The molecule has 0 aliphatic carbocycles. The standard InChI is InChI=1S/C26H28N4/c1-18-7-9-21(10-8-18)13-24-20(3)12-22(14-29-24)16-30-17-28-15-25(30)26(27)23-6-4-5-19(2)11-23/h4-12,14-15,17,26H,13,16,27H2,1-3H3. The quantitative estimate of drug-likeness (QED) is 0.505. The molecule has 1 unspecified atom stereocenters. The van der Waals surface area contributed by atoms with Crippen LogP contribution < -0.4 is 5.73 Å². The van der Waals surface area contributed by atoms with Crippen molar-refractivity contribution in [2.24, 2.45) is 5.73 Å². The van der Waals surface area contributed by atoms with Crippen LogP contribution in [0.15, 0.2) is 73.3 Å². The zero-order valence-electron chi connectivity index (χ0n) is 17.8. The summed E-state index contributed by atoms with van der Waals surface area (Å²) in [6, 6.07) is 19.0. The smallest absolute Gasteiger partial charge is 0.0951 e. The Kier molecular flexibility index (Phi) is 5.77. The van der Waals surface area contributed by atoms with E-state index >= 15 is 0 Å². The van der Waals surface area contributed by atoms with E-state index in [1.165, 1.54) is 22.3 Å². The molecule has 4 rings (SSSR count). The van der Waals surface area contributed by atoms with E-state index in [0.29, 0.717) is 6.54 Å². The first-order valence-electron chi connectivity index (χ1n) is 10.3. The van der Waals surface area contributed by atoms with Gasteiger partial charge >= 0.3 is 0 Å². The van der Waals surface area contributed by atoms with Gasteiger partial charge in [-0.05, 0) is 43.0 Å². The number of imidazole rings is 1. The minimum Gasteiger partial charge on any atom is -0.328 e. The lowest BCUT2D eigenvalue weighted by Gasteiger charge is -2.16. The van der Waals surface area contributed by atoms with E-state index < -0.39 is 0 Å². The van der Waals surface area contributed by atoms with Crippen molar-refractivity contribution >= 4 is 0 Å². The Labute approximate surface area is 178 Å². The average molecular weight is 397 g/mol. The lowest BCUT2D eigenvalue weighted by atomic mass is 10.0. The Balaban J connectivity index is 1.52. The molecule has 0 radical (unpaired) electrons. The number of hydrogen-bond donors (Lipinski definition) is 1. The van der Waals surface area contributed by atoms with Crippen LogP contribution in [0, 0.1) is 20.8 Å². The van der Waals surface area contributed by atoms with Gasteiger partial charge in [-0.25, -0.2) is 4.98 Å². The van der Waals surface area contributed by atoms with E-state index in [0.717, 1.165) is 28.9 Å². The molecular formula is C26H28N4. The van der Waals surface area contributed by atoms with Gasteiger partial charge in [0.2, 0.25) is 0 Å². The van der Waals surface area contributed by atoms with Gasteiger partial charge in [0.25, 0.3) is 0 Å². The highest BCUT2D eigenvalue weighted by molar-refractivity contribution is 5.33. The fourth-order valence-electron chi connectivity index (χ4n) is 3.79. The molecule has 0 fully saturated rings. The van der Waals surface area contributed by atoms with Gasteiger partial charge in [-0.15, -0.1) is 0 Å². The number of pyridine rings is 1. The minimum absolute atomic E-state index is 0.206. The summed E-state index contributed by atoms with van der Waals surface area (Å²) >= 11 is 0. The van der Waals surface area contributed by atoms with Crippen LogP contribution in [0.5, 0.6) is 0 Å². The monoisotopic (exact) mass is 396 g/mol. The highest BCUT2D eigenvalue weighted by Gasteiger charge is 2.15. The van der Waals surface area contributed by atoms with Crippen LogP contribution in [0.3, 0.4) is 0 Å². The Morgan fingerprint density at radius 1 is 0.900 bits per heavy atom. The van der Waals surface area contributed by atoms with Crippen molar-refractivity contribution in [3.8, 4) is 0 Å². The molecule has 0 amide bonds. The molecule has 152 valence electrons. The van der Waals surface area contributed by atoms with Crippen molar-refractivity contribution in [1.29, 1.82) is 0 Å². The van der Waals surface area contributed by atoms with Crippen LogP contribution in [-0.4, -0.2) is 14.5 Å². The topological polar surface area (TPSA) is 56.7 Å². The van der Waals surface area contributed by atoms with Crippen LogP contribution >= 0.6 is 0 Å². The fourth-order valence-corrected chi connectivity index (χ4v) is 3.79.